The molecule has 134 valence electrons. The van der Waals surface area contributed by atoms with Crippen molar-refractivity contribution in [2.24, 2.45) is 11.7 Å². The lowest BCUT2D eigenvalue weighted by molar-refractivity contribution is 0.236. The molecule has 1 aromatic rings. The molecule has 1 aromatic carbocycles. The Morgan fingerprint density at radius 3 is 2.58 bits per heavy atom. The molecule has 1 saturated heterocycles. The highest BCUT2D eigenvalue weighted by molar-refractivity contribution is 5.59. The summed E-state index contributed by atoms with van der Waals surface area (Å²) in [5, 5.41) is 0. The van der Waals surface area contributed by atoms with Crippen LogP contribution >= 0.6 is 0 Å². The van der Waals surface area contributed by atoms with Gasteiger partial charge in [0, 0.05) is 38.3 Å². The SMILES string of the molecule is CC(C)Oc1ccc(F)cc1N1CCN(CCCC2CC2N)CC1. The van der Waals surface area contributed by atoms with Gasteiger partial charge in [0.1, 0.15) is 11.6 Å². The first-order valence-corrected chi connectivity index (χ1v) is 9.22. The van der Waals surface area contributed by atoms with Crippen molar-refractivity contribution in [2.75, 3.05) is 37.6 Å². The molecule has 1 aliphatic heterocycles. The van der Waals surface area contributed by atoms with Crippen LogP contribution in [0.5, 0.6) is 5.75 Å². The van der Waals surface area contributed by atoms with E-state index in [1.54, 1.807) is 12.1 Å². The van der Waals surface area contributed by atoms with E-state index < -0.39 is 0 Å². The molecule has 0 radical (unpaired) electrons. The highest BCUT2D eigenvalue weighted by atomic mass is 19.1. The molecule has 5 heteroatoms. The first-order chi connectivity index (χ1) is 11.5. The number of rotatable bonds is 7. The van der Waals surface area contributed by atoms with Crippen molar-refractivity contribution in [3.63, 3.8) is 0 Å². The summed E-state index contributed by atoms with van der Waals surface area (Å²) in [6.45, 7) is 9.02. The Kier molecular flexibility index (Phi) is 5.61. The van der Waals surface area contributed by atoms with E-state index >= 15 is 0 Å². The summed E-state index contributed by atoms with van der Waals surface area (Å²) in [6.07, 6.45) is 3.80. The monoisotopic (exact) mass is 335 g/mol. The summed E-state index contributed by atoms with van der Waals surface area (Å²) < 4.78 is 19.5. The summed E-state index contributed by atoms with van der Waals surface area (Å²) in [5.74, 6) is 1.35. The predicted octanol–water partition coefficient (Wildman–Crippen LogP) is 2.86. The van der Waals surface area contributed by atoms with Crippen LogP contribution in [0.25, 0.3) is 0 Å². The first-order valence-electron chi connectivity index (χ1n) is 9.22. The zero-order valence-electron chi connectivity index (χ0n) is 14.9. The number of piperazine rings is 1. The topological polar surface area (TPSA) is 41.7 Å². The number of anilines is 1. The third-order valence-corrected chi connectivity index (χ3v) is 5.02. The van der Waals surface area contributed by atoms with Crippen LogP contribution in [-0.2, 0) is 0 Å². The van der Waals surface area contributed by atoms with Gasteiger partial charge < -0.3 is 15.4 Å². The number of benzene rings is 1. The second-order valence-electron chi connectivity index (χ2n) is 7.41. The summed E-state index contributed by atoms with van der Waals surface area (Å²) in [4.78, 5) is 4.75. The normalized spacial score (nSPS) is 24.5. The predicted molar refractivity (Wildman–Crippen MR) is 96.1 cm³/mol. The van der Waals surface area contributed by atoms with Crippen LogP contribution in [0.15, 0.2) is 18.2 Å². The van der Waals surface area contributed by atoms with E-state index in [2.05, 4.69) is 9.80 Å². The number of nitrogens with two attached hydrogens (primary N) is 1. The second kappa shape index (κ2) is 7.70. The zero-order chi connectivity index (χ0) is 17.1. The van der Waals surface area contributed by atoms with Crippen LogP contribution in [0.4, 0.5) is 10.1 Å². The highest BCUT2D eigenvalue weighted by Crippen LogP contribution is 2.33. The van der Waals surface area contributed by atoms with Gasteiger partial charge in [-0.25, -0.2) is 4.39 Å². The second-order valence-corrected chi connectivity index (χ2v) is 7.41. The third-order valence-electron chi connectivity index (χ3n) is 5.02. The molecule has 2 fully saturated rings. The van der Waals surface area contributed by atoms with Gasteiger partial charge in [0.05, 0.1) is 11.8 Å². The van der Waals surface area contributed by atoms with Crippen LogP contribution in [-0.4, -0.2) is 49.8 Å². The standard InChI is InChI=1S/C19H30FN3O/c1-14(2)24-19-6-5-16(20)13-18(19)23-10-8-22(9-11-23)7-3-4-15-12-17(15)21/h5-6,13-15,17H,3-4,7-12,21H2,1-2H3. The number of ether oxygens (including phenoxy) is 1. The maximum Gasteiger partial charge on any atom is 0.143 e. The van der Waals surface area contributed by atoms with Crippen molar-refractivity contribution < 1.29 is 9.13 Å². The number of halogens is 1. The fraction of sp³-hybridized carbons (Fsp3) is 0.684. The molecule has 1 saturated carbocycles. The summed E-state index contributed by atoms with van der Waals surface area (Å²) >= 11 is 0. The van der Waals surface area contributed by atoms with E-state index in [-0.39, 0.29) is 11.9 Å². The third kappa shape index (κ3) is 4.61. The van der Waals surface area contributed by atoms with E-state index in [9.17, 15) is 4.39 Å². The lowest BCUT2D eigenvalue weighted by atomic mass is 10.2. The molecule has 0 spiro atoms. The Morgan fingerprint density at radius 1 is 1.25 bits per heavy atom. The van der Waals surface area contributed by atoms with Gasteiger partial charge in [-0.3, -0.25) is 4.90 Å². The van der Waals surface area contributed by atoms with Gasteiger partial charge in [0.25, 0.3) is 0 Å². The Morgan fingerprint density at radius 2 is 1.96 bits per heavy atom. The lowest BCUT2D eigenvalue weighted by Gasteiger charge is -2.37. The molecule has 1 aliphatic carbocycles. The van der Waals surface area contributed by atoms with E-state index in [0.717, 1.165) is 50.1 Å². The van der Waals surface area contributed by atoms with Crippen molar-refractivity contribution in [3.8, 4) is 5.75 Å². The van der Waals surface area contributed by atoms with Crippen molar-refractivity contribution in [1.82, 2.24) is 4.90 Å². The minimum absolute atomic E-state index is 0.0873. The molecule has 0 bridgehead atoms. The molecule has 1 heterocycles. The molecule has 3 rings (SSSR count). The maximum atomic E-state index is 13.7. The average molecular weight is 335 g/mol. The molecule has 0 amide bonds. The van der Waals surface area contributed by atoms with Gasteiger partial charge in [0.15, 0.2) is 0 Å². The van der Waals surface area contributed by atoms with Crippen LogP contribution in [0.3, 0.4) is 0 Å². The zero-order valence-corrected chi connectivity index (χ0v) is 14.9. The van der Waals surface area contributed by atoms with Gasteiger partial charge in [-0.05, 0) is 57.7 Å². The van der Waals surface area contributed by atoms with E-state index in [0.29, 0.717) is 6.04 Å². The molecule has 2 N–H and O–H groups in total. The minimum atomic E-state index is -0.204. The summed E-state index contributed by atoms with van der Waals surface area (Å²) in [7, 11) is 0. The Hall–Kier alpha value is -1.33. The quantitative estimate of drug-likeness (QED) is 0.832. The van der Waals surface area contributed by atoms with Gasteiger partial charge in [-0.1, -0.05) is 0 Å². The van der Waals surface area contributed by atoms with E-state index in [1.807, 2.05) is 13.8 Å². The largest absolute Gasteiger partial charge is 0.489 e. The van der Waals surface area contributed by atoms with Crippen LogP contribution in [0, 0.1) is 11.7 Å². The average Bonchev–Trinajstić information content (AvgIpc) is 3.25. The highest BCUT2D eigenvalue weighted by Gasteiger charge is 2.32. The smallest absolute Gasteiger partial charge is 0.143 e. The van der Waals surface area contributed by atoms with Crippen LogP contribution < -0.4 is 15.4 Å². The molecular weight excluding hydrogens is 305 g/mol. The van der Waals surface area contributed by atoms with Crippen molar-refractivity contribution in [3.05, 3.63) is 24.0 Å². The Bertz CT molecular complexity index is 543. The molecule has 0 aromatic heterocycles. The van der Waals surface area contributed by atoms with Gasteiger partial charge in [0.2, 0.25) is 0 Å². The number of hydrogen-bond donors (Lipinski definition) is 1. The summed E-state index contributed by atoms with van der Waals surface area (Å²) in [5.41, 5.74) is 6.75. The molecular formula is C19H30FN3O. The lowest BCUT2D eigenvalue weighted by Crippen LogP contribution is -2.46. The van der Waals surface area contributed by atoms with Crippen molar-refractivity contribution in [2.45, 2.75) is 45.3 Å². The van der Waals surface area contributed by atoms with Crippen LogP contribution in [0.2, 0.25) is 0 Å². The van der Waals surface area contributed by atoms with Crippen LogP contribution in [0.1, 0.15) is 33.1 Å². The fourth-order valence-corrected chi connectivity index (χ4v) is 3.48. The van der Waals surface area contributed by atoms with E-state index in [4.69, 9.17) is 10.5 Å². The molecule has 4 nitrogen and oxygen atoms in total. The molecule has 2 unspecified atom stereocenters. The number of nitrogens with zero attached hydrogens (tertiary/aromatic N) is 2. The number of hydrogen-bond acceptors (Lipinski definition) is 4. The van der Waals surface area contributed by atoms with Gasteiger partial charge in [-0.2, -0.15) is 0 Å². The fourth-order valence-electron chi connectivity index (χ4n) is 3.48. The molecule has 2 aliphatic rings. The molecule has 24 heavy (non-hydrogen) atoms. The van der Waals surface area contributed by atoms with E-state index in [1.165, 1.54) is 25.3 Å². The van der Waals surface area contributed by atoms with Gasteiger partial charge >= 0.3 is 0 Å². The first kappa shape index (κ1) is 17.5. The summed E-state index contributed by atoms with van der Waals surface area (Å²) in [6, 6.07) is 5.28. The Labute approximate surface area is 144 Å². The minimum Gasteiger partial charge on any atom is -0.489 e. The maximum absolute atomic E-state index is 13.7. The van der Waals surface area contributed by atoms with Gasteiger partial charge in [-0.15, -0.1) is 0 Å². The van der Waals surface area contributed by atoms with Crippen molar-refractivity contribution in [1.29, 1.82) is 0 Å². The molecule has 2 atom stereocenters. The Balaban J connectivity index is 1.51. The van der Waals surface area contributed by atoms with Crippen molar-refractivity contribution >= 4 is 5.69 Å².